The molecule has 0 radical (unpaired) electrons. The van der Waals surface area contributed by atoms with Gasteiger partial charge in [-0.2, -0.15) is 5.10 Å². The van der Waals surface area contributed by atoms with Gasteiger partial charge in [-0.15, -0.1) is 0 Å². The fraction of sp³-hybridized carbons (Fsp3) is 0.345. The standard InChI is InChI=1S/C29H33N11O3S/c1-17-12-25(38-37-17)34-24-13-23(35-29(36-24)44-22-6-4-21(5-7-22)33-26(41)19-2-3-19)30-14-18-8-10-40(11-9-18)28-31-15-20(16-32-28)27(42)39-43/h4-7,12-13,15-16,18-19,43H,2-3,8-11,14H2,1H3,(H,33,41)(H,39,42)(H3,30,34,35,36,37,38). The molecule has 4 heterocycles. The molecular weight excluding hydrogens is 582 g/mol. The van der Waals surface area contributed by atoms with Crippen LogP contribution in [0.4, 0.5) is 29.1 Å². The van der Waals surface area contributed by atoms with Gasteiger partial charge in [-0.3, -0.25) is 19.9 Å². The van der Waals surface area contributed by atoms with Crippen LogP contribution >= 0.6 is 11.8 Å². The molecule has 14 nitrogen and oxygen atoms in total. The number of rotatable bonds is 11. The maximum Gasteiger partial charge on any atom is 0.277 e. The van der Waals surface area contributed by atoms with Gasteiger partial charge in [0.2, 0.25) is 11.9 Å². The highest BCUT2D eigenvalue weighted by Gasteiger charge is 2.29. The van der Waals surface area contributed by atoms with Crippen molar-refractivity contribution in [1.82, 2.24) is 35.6 Å². The Morgan fingerprint density at radius 1 is 1.02 bits per heavy atom. The smallest absolute Gasteiger partial charge is 0.277 e. The van der Waals surface area contributed by atoms with Crippen LogP contribution in [0.2, 0.25) is 0 Å². The predicted molar refractivity (Wildman–Crippen MR) is 165 cm³/mol. The minimum absolute atomic E-state index is 0.0830. The zero-order valence-electron chi connectivity index (χ0n) is 24.1. The Kier molecular flexibility index (Phi) is 8.84. The quantitative estimate of drug-likeness (QED) is 0.0811. The lowest BCUT2D eigenvalue weighted by atomic mass is 9.97. The van der Waals surface area contributed by atoms with Crippen LogP contribution in [0.5, 0.6) is 0 Å². The number of nitrogens with zero attached hydrogens (tertiary/aromatic N) is 6. The third-order valence-electron chi connectivity index (χ3n) is 7.42. The predicted octanol–water partition coefficient (Wildman–Crippen LogP) is 3.99. The second-order valence-electron chi connectivity index (χ2n) is 10.9. The summed E-state index contributed by atoms with van der Waals surface area (Å²) in [6.07, 6.45) is 6.61. The van der Waals surface area contributed by atoms with E-state index in [9.17, 15) is 9.59 Å². The van der Waals surface area contributed by atoms with Crippen LogP contribution in [0.25, 0.3) is 0 Å². The molecule has 0 unspecified atom stereocenters. The van der Waals surface area contributed by atoms with E-state index in [0.29, 0.717) is 28.7 Å². The highest BCUT2D eigenvalue weighted by molar-refractivity contribution is 7.99. The molecule has 6 N–H and O–H groups in total. The van der Waals surface area contributed by atoms with Crippen LogP contribution in [-0.2, 0) is 4.79 Å². The van der Waals surface area contributed by atoms with Gasteiger partial charge >= 0.3 is 0 Å². The first kappa shape index (κ1) is 29.3. The molecule has 1 saturated heterocycles. The molecule has 0 atom stereocenters. The van der Waals surface area contributed by atoms with Gasteiger partial charge in [-0.1, -0.05) is 0 Å². The van der Waals surface area contributed by atoms with Crippen LogP contribution in [0.1, 0.15) is 41.7 Å². The molecule has 0 spiro atoms. The monoisotopic (exact) mass is 615 g/mol. The van der Waals surface area contributed by atoms with Gasteiger partial charge in [-0.05, 0) is 74.6 Å². The molecule has 1 saturated carbocycles. The fourth-order valence-electron chi connectivity index (χ4n) is 4.80. The zero-order chi connectivity index (χ0) is 30.5. The maximum absolute atomic E-state index is 12.1. The highest BCUT2D eigenvalue weighted by atomic mass is 32.2. The second-order valence-corrected chi connectivity index (χ2v) is 11.9. The summed E-state index contributed by atoms with van der Waals surface area (Å²) < 4.78 is 0. The first-order chi connectivity index (χ1) is 21.4. The molecule has 6 rings (SSSR count). The lowest BCUT2D eigenvalue weighted by Gasteiger charge is -2.32. The van der Waals surface area contributed by atoms with Crippen LogP contribution in [0.3, 0.4) is 0 Å². The number of aromatic nitrogens is 6. The number of hydrogen-bond acceptors (Lipinski definition) is 12. The molecule has 228 valence electrons. The normalized spacial score (nSPS) is 15.1. The average molecular weight is 616 g/mol. The van der Waals surface area contributed by atoms with Crippen LogP contribution in [0.15, 0.2) is 58.8 Å². The van der Waals surface area contributed by atoms with E-state index >= 15 is 0 Å². The Hall–Kier alpha value is -4.76. The highest BCUT2D eigenvalue weighted by Crippen LogP contribution is 2.32. The van der Waals surface area contributed by atoms with E-state index in [1.54, 1.807) is 5.48 Å². The molecule has 0 bridgehead atoms. The summed E-state index contributed by atoms with van der Waals surface area (Å²) in [5.41, 5.74) is 3.43. The van der Waals surface area contributed by atoms with E-state index < -0.39 is 5.91 Å². The molecule has 44 heavy (non-hydrogen) atoms. The lowest BCUT2D eigenvalue weighted by molar-refractivity contribution is -0.117. The molecule has 1 aliphatic heterocycles. The number of aryl methyl sites for hydroxylation is 1. The number of hydroxylamine groups is 1. The molecule has 2 amide bonds. The molecule has 3 aromatic heterocycles. The first-order valence-corrected chi connectivity index (χ1v) is 15.3. The molecule has 4 aromatic rings. The van der Waals surface area contributed by atoms with Gasteiger partial charge in [0.05, 0.1) is 11.3 Å². The Bertz CT molecular complexity index is 1600. The van der Waals surface area contributed by atoms with Crippen molar-refractivity contribution < 1.29 is 14.8 Å². The second kappa shape index (κ2) is 13.3. The van der Waals surface area contributed by atoms with Gasteiger partial charge in [0, 0.05) is 60.7 Å². The van der Waals surface area contributed by atoms with Crippen molar-refractivity contribution in [1.29, 1.82) is 0 Å². The Morgan fingerprint density at radius 3 is 2.41 bits per heavy atom. The van der Waals surface area contributed by atoms with Crippen molar-refractivity contribution in [3.63, 3.8) is 0 Å². The Balaban J connectivity index is 1.08. The largest absolute Gasteiger partial charge is 0.370 e. The van der Waals surface area contributed by atoms with E-state index in [0.717, 1.165) is 67.4 Å². The van der Waals surface area contributed by atoms with Crippen LogP contribution in [-0.4, -0.2) is 66.8 Å². The topological polar surface area (TPSA) is 186 Å². The van der Waals surface area contributed by atoms with E-state index in [1.807, 2.05) is 43.3 Å². The van der Waals surface area contributed by atoms with E-state index in [4.69, 9.17) is 15.2 Å². The van der Waals surface area contributed by atoms with E-state index in [-0.39, 0.29) is 17.4 Å². The number of nitrogens with one attached hydrogen (secondary N) is 5. The summed E-state index contributed by atoms with van der Waals surface area (Å²) in [4.78, 5) is 44.7. The van der Waals surface area contributed by atoms with Crippen molar-refractivity contribution in [2.75, 3.05) is 40.5 Å². The van der Waals surface area contributed by atoms with Gasteiger partial charge in [0.15, 0.2) is 5.16 Å². The number of hydrogen-bond donors (Lipinski definition) is 6. The average Bonchev–Trinajstić information content (AvgIpc) is 3.82. The summed E-state index contributed by atoms with van der Waals surface area (Å²) in [6.45, 7) is 4.22. The Labute approximate surface area is 257 Å². The van der Waals surface area contributed by atoms with Crippen LogP contribution in [0, 0.1) is 18.8 Å². The summed E-state index contributed by atoms with van der Waals surface area (Å²) in [5.74, 6) is 2.65. The molecule has 1 aromatic carbocycles. The number of piperidine rings is 1. The number of benzene rings is 1. The SMILES string of the molecule is Cc1cc(Nc2cc(NCC3CCN(c4ncc(C(=O)NO)cn4)CC3)nc(Sc3ccc(NC(=O)C4CC4)cc3)n2)[nH]n1. The van der Waals surface area contributed by atoms with Crippen LogP contribution < -0.4 is 26.3 Å². The van der Waals surface area contributed by atoms with E-state index in [2.05, 4.69) is 41.0 Å². The van der Waals surface area contributed by atoms with Crippen molar-refractivity contribution >= 4 is 52.7 Å². The van der Waals surface area contributed by atoms with Gasteiger partial charge in [-0.25, -0.2) is 25.4 Å². The third kappa shape index (κ3) is 7.60. The molecule has 2 fully saturated rings. The lowest BCUT2D eigenvalue weighted by Crippen LogP contribution is -2.37. The third-order valence-corrected chi connectivity index (χ3v) is 8.30. The van der Waals surface area contributed by atoms with E-state index in [1.165, 1.54) is 24.2 Å². The van der Waals surface area contributed by atoms with Gasteiger partial charge in [0.25, 0.3) is 5.91 Å². The number of amides is 2. The maximum atomic E-state index is 12.1. The molecule has 15 heteroatoms. The van der Waals surface area contributed by atoms with Crippen molar-refractivity contribution in [2.24, 2.45) is 11.8 Å². The summed E-state index contributed by atoms with van der Waals surface area (Å²) >= 11 is 1.44. The van der Waals surface area contributed by atoms with Crippen molar-refractivity contribution in [3.8, 4) is 0 Å². The molecule has 1 aliphatic carbocycles. The van der Waals surface area contributed by atoms with Gasteiger partial charge in [0.1, 0.15) is 17.5 Å². The zero-order valence-corrected chi connectivity index (χ0v) is 24.9. The summed E-state index contributed by atoms with van der Waals surface area (Å²) in [7, 11) is 0. The summed E-state index contributed by atoms with van der Waals surface area (Å²) in [6, 6.07) is 11.5. The number of anilines is 5. The molecule has 2 aliphatic rings. The Morgan fingerprint density at radius 2 is 1.75 bits per heavy atom. The number of carbonyl (C=O) groups excluding carboxylic acids is 2. The molecular formula is C29H33N11O3S. The first-order valence-electron chi connectivity index (χ1n) is 14.4. The summed E-state index contributed by atoms with van der Waals surface area (Å²) in [5, 5.41) is 26.3. The fourth-order valence-corrected chi connectivity index (χ4v) is 5.57. The van der Waals surface area contributed by atoms with Gasteiger partial charge < -0.3 is 20.9 Å². The number of carbonyl (C=O) groups is 2. The number of H-pyrrole nitrogens is 1. The van der Waals surface area contributed by atoms with Crippen molar-refractivity contribution in [3.05, 3.63) is 60.0 Å². The minimum Gasteiger partial charge on any atom is -0.370 e. The minimum atomic E-state index is -0.641. The number of aromatic amines is 1. The van der Waals surface area contributed by atoms with Crippen molar-refractivity contribution in [2.45, 2.75) is 42.7 Å².